The van der Waals surface area contributed by atoms with E-state index in [0.717, 1.165) is 0 Å². The van der Waals surface area contributed by atoms with E-state index in [-0.39, 0.29) is 24.5 Å². The molecule has 9 heteroatoms. The van der Waals surface area contributed by atoms with Gasteiger partial charge in [-0.05, 0) is 6.92 Å². The number of carbonyl (C=O) groups is 1. The SMILES string of the molecule is CCOC(=O)CNc1nc(NN)nc(OC)n1. The highest BCUT2D eigenvalue weighted by Crippen LogP contribution is 2.09. The summed E-state index contributed by atoms with van der Waals surface area (Å²) in [5.41, 5.74) is 2.26. The first-order chi connectivity index (χ1) is 8.19. The quantitative estimate of drug-likeness (QED) is 0.332. The summed E-state index contributed by atoms with van der Waals surface area (Å²) in [7, 11) is 1.41. The normalized spacial score (nSPS) is 9.59. The minimum atomic E-state index is -0.408. The van der Waals surface area contributed by atoms with Gasteiger partial charge in [-0.25, -0.2) is 5.84 Å². The minimum Gasteiger partial charge on any atom is -0.467 e. The van der Waals surface area contributed by atoms with Crippen molar-refractivity contribution in [3.05, 3.63) is 0 Å². The van der Waals surface area contributed by atoms with Crippen LogP contribution in [0.25, 0.3) is 0 Å². The van der Waals surface area contributed by atoms with Crippen molar-refractivity contribution in [2.24, 2.45) is 5.84 Å². The van der Waals surface area contributed by atoms with Gasteiger partial charge in [-0.3, -0.25) is 10.2 Å². The first-order valence-electron chi connectivity index (χ1n) is 4.85. The van der Waals surface area contributed by atoms with Crippen LogP contribution in [0.1, 0.15) is 6.92 Å². The Morgan fingerprint density at radius 1 is 1.35 bits per heavy atom. The van der Waals surface area contributed by atoms with Crippen LogP contribution in [-0.4, -0.2) is 41.2 Å². The van der Waals surface area contributed by atoms with Crippen molar-refractivity contribution in [2.45, 2.75) is 6.92 Å². The van der Waals surface area contributed by atoms with Crippen LogP contribution in [-0.2, 0) is 9.53 Å². The highest BCUT2D eigenvalue weighted by molar-refractivity contribution is 5.74. The van der Waals surface area contributed by atoms with Gasteiger partial charge in [0.25, 0.3) is 0 Å². The van der Waals surface area contributed by atoms with Crippen LogP contribution in [0.3, 0.4) is 0 Å². The molecule has 0 amide bonds. The van der Waals surface area contributed by atoms with Gasteiger partial charge in [0.2, 0.25) is 11.9 Å². The summed E-state index contributed by atoms with van der Waals surface area (Å²) in [6.45, 7) is 1.99. The van der Waals surface area contributed by atoms with E-state index >= 15 is 0 Å². The average Bonchev–Trinajstić information content (AvgIpc) is 2.36. The Bertz CT molecular complexity index is 363. The topological polar surface area (TPSA) is 124 Å². The summed E-state index contributed by atoms with van der Waals surface area (Å²) in [5, 5.41) is 2.67. The van der Waals surface area contributed by atoms with Crippen LogP contribution in [0.4, 0.5) is 11.9 Å². The van der Waals surface area contributed by atoms with E-state index in [1.165, 1.54) is 7.11 Å². The zero-order valence-corrected chi connectivity index (χ0v) is 9.56. The molecule has 4 N–H and O–H groups in total. The fourth-order valence-electron chi connectivity index (χ4n) is 0.955. The van der Waals surface area contributed by atoms with Crippen LogP contribution in [0.2, 0.25) is 0 Å². The molecule has 0 unspecified atom stereocenters. The van der Waals surface area contributed by atoms with Gasteiger partial charge in [0.1, 0.15) is 6.54 Å². The second-order valence-electron chi connectivity index (χ2n) is 2.77. The fraction of sp³-hybridized carbons (Fsp3) is 0.500. The van der Waals surface area contributed by atoms with Crippen molar-refractivity contribution >= 4 is 17.9 Å². The van der Waals surface area contributed by atoms with Crippen molar-refractivity contribution in [3.63, 3.8) is 0 Å². The summed E-state index contributed by atoms with van der Waals surface area (Å²) in [4.78, 5) is 22.6. The largest absolute Gasteiger partial charge is 0.467 e. The second kappa shape index (κ2) is 6.43. The van der Waals surface area contributed by atoms with Gasteiger partial charge in [-0.2, -0.15) is 15.0 Å². The van der Waals surface area contributed by atoms with Gasteiger partial charge in [0.05, 0.1) is 13.7 Å². The van der Waals surface area contributed by atoms with Gasteiger partial charge < -0.3 is 14.8 Å². The highest BCUT2D eigenvalue weighted by Gasteiger charge is 2.07. The van der Waals surface area contributed by atoms with Crippen LogP contribution < -0.4 is 21.3 Å². The molecule has 0 saturated heterocycles. The summed E-state index contributed by atoms with van der Waals surface area (Å²) in [6.07, 6.45) is 0. The molecule has 0 aromatic carbocycles. The van der Waals surface area contributed by atoms with Crippen molar-refractivity contribution < 1.29 is 14.3 Å². The smallest absolute Gasteiger partial charge is 0.325 e. The molecule has 1 aromatic rings. The predicted octanol–water partition coefficient (Wildman–Crippen LogP) is -0.859. The van der Waals surface area contributed by atoms with E-state index in [1.807, 2.05) is 0 Å². The number of esters is 1. The number of carbonyl (C=O) groups excluding carboxylic acids is 1. The number of aromatic nitrogens is 3. The molecule has 9 nitrogen and oxygen atoms in total. The van der Waals surface area contributed by atoms with E-state index in [4.69, 9.17) is 15.3 Å². The molecule has 0 fully saturated rings. The van der Waals surface area contributed by atoms with Gasteiger partial charge in [-0.1, -0.05) is 0 Å². The highest BCUT2D eigenvalue weighted by atomic mass is 16.5. The third kappa shape index (κ3) is 4.07. The molecular weight excluding hydrogens is 228 g/mol. The molecule has 17 heavy (non-hydrogen) atoms. The molecule has 0 aliphatic heterocycles. The number of hydrogen-bond acceptors (Lipinski definition) is 9. The Kier molecular flexibility index (Phi) is 4.88. The molecule has 0 spiro atoms. The molecule has 1 heterocycles. The van der Waals surface area contributed by atoms with E-state index in [1.54, 1.807) is 6.92 Å². The number of nitrogens with zero attached hydrogens (tertiary/aromatic N) is 3. The van der Waals surface area contributed by atoms with Crippen LogP contribution in [0.15, 0.2) is 0 Å². The average molecular weight is 242 g/mol. The molecule has 0 aliphatic carbocycles. The lowest BCUT2D eigenvalue weighted by molar-refractivity contribution is -0.140. The number of hydrazine groups is 1. The Balaban J connectivity index is 2.66. The monoisotopic (exact) mass is 242 g/mol. The predicted molar refractivity (Wildman–Crippen MR) is 59.3 cm³/mol. The van der Waals surface area contributed by atoms with Crippen LogP contribution in [0.5, 0.6) is 6.01 Å². The third-order valence-electron chi connectivity index (χ3n) is 1.62. The molecule has 1 rings (SSSR count). The van der Waals surface area contributed by atoms with E-state index in [0.29, 0.717) is 6.61 Å². The number of nitrogens with two attached hydrogens (primary N) is 1. The van der Waals surface area contributed by atoms with Gasteiger partial charge in [0.15, 0.2) is 0 Å². The van der Waals surface area contributed by atoms with Crippen molar-refractivity contribution in [1.82, 2.24) is 15.0 Å². The van der Waals surface area contributed by atoms with Crippen molar-refractivity contribution in [3.8, 4) is 6.01 Å². The zero-order valence-electron chi connectivity index (χ0n) is 9.56. The van der Waals surface area contributed by atoms with E-state index < -0.39 is 5.97 Å². The molecule has 0 saturated carbocycles. The number of methoxy groups -OCH3 is 1. The Morgan fingerprint density at radius 2 is 2.06 bits per heavy atom. The number of nitrogen functional groups attached to an aromatic ring is 1. The Labute approximate surface area is 97.7 Å². The van der Waals surface area contributed by atoms with Crippen LogP contribution in [0, 0.1) is 0 Å². The van der Waals surface area contributed by atoms with Crippen molar-refractivity contribution in [2.75, 3.05) is 31.0 Å². The Hall–Kier alpha value is -2.16. The summed E-state index contributed by atoms with van der Waals surface area (Å²) < 4.78 is 9.57. The van der Waals surface area contributed by atoms with E-state index in [9.17, 15) is 4.79 Å². The number of anilines is 2. The first-order valence-corrected chi connectivity index (χ1v) is 4.85. The number of rotatable bonds is 6. The summed E-state index contributed by atoms with van der Waals surface area (Å²) in [6, 6.07) is 0.0827. The molecule has 1 aromatic heterocycles. The standard InChI is InChI=1S/C8H14N6O3/c1-3-17-5(15)4-10-6-11-7(14-9)13-8(12-6)16-2/h3-4,9H2,1-2H3,(H2,10,11,12,13,14). The first kappa shape index (κ1) is 12.9. The molecule has 94 valence electrons. The third-order valence-corrected chi connectivity index (χ3v) is 1.62. The maximum absolute atomic E-state index is 11.1. The lowest BCUT2D eigenvalue weighted by Crippen LogP contribution is -2.19. The zero-order chi connectivity index (χ0) is 12.7. The summed E-state index contributed by atoms with van der Waals surface area (Å²) in [5.74, 6) is 5.05. The molecular formula is C8H14N6O3. The number of hydrogen-bond donors (Lipinski definition) is 3. The molecule has 0 atom stereocenters. The Morgan fingerprint density at radius 3 is 2.65 bits per heavy atom. The molecule has 0 aliphatic rings. The fourth-order valence-corrected chi connectivity index (χ4v) is 0.955. The van der Waals surface area contributed by atoms with Crippen molar-refractivity contribution in [1.29, 1.82) is 0 Å². The van der Waals surface area contributed by atoms with E-state index in [2.05, 4.69) is 25.7 Å². The van der Waals surface area contributed by atoms with Gasteiger partial charge in [0, 0.05) is 0 Å². The van der Waals surface area contributed by atoms with Crippen LogP contribution >= 0.6 is 0 Å². The summed E-state index contributed by atoms with van der Waals surface area (Å²) >= 11 is 0. The second-order valence-corrected chi connectivity index (χ2v) is 2.77. The number of ether oxygens (including phenoxy) is 2. The van der Waals surface area contributed by atoms with Gasteiger partial charge in [-0.15, -0.1) is 0 Å². The molecule has 0 radical (unpaired) electrons. The lowest BCUT2D eigenvalue weighted by Gasteiger charge is -2.07. The lowest BCUT2D eigenvalue weighted by atomic mass is 10.6. The molecule has 0 bridgehead atoms. The maximum Gasteiger partial charge on any atom is 0.325 e. The minimum absolute atomic E-state index is 0.0506. The number of nitrogens with one attached hydrogen (secondary N) is 2. The van der Waals surface area contributed by atoms with Gasteiger partial charge >= 0.3 is 12.0 Å². The maximum atomic E-state index is 11.1.